The van der Waals surface area contributed by atoms with Gasteiger partial charge in [-0.15, -0.1) is 0 Å². The smallest absolute Gasteiger partial charge is 0.254 e. The molecule has 25 heavy (non-hydrogen) atoms. The zero-order chi connectivity index (χ0) is 17.6. The molecule has 0 N–H and O–H groups in total. The summed E-state index contributed by atoms with van der Waals surface area (Å²) >= 11 is 0. The van der Waals surface area contributed by atoms with Crippen molar-refractivity contribution in [3.8, 4) is 0 Å². The third-order valence-corrected chi connectivity index (χ3v) is 5.48. The van der Waals surface area contributed by atoms with Gasteiger partial charge in [-0.05, 0) is 30.5 Å². The van der Waals surface area contributed by atoms with E-state index >= 15 is 0 Å². The monoisotopic (exact) mass is 346 g/mol. The molecule has 1 aromatic rings. The van der Waals surface area contributed by atoms with Gasteiger partial charge in [0, 0.05) is 38.2 Å². The zero-order valence-corrected chi connectivity index (χ0v) is 14.8. The van der Waals surface area contributed by atoms with Crippen molar-refractivity contribution in [1.29, 1.82) is 0 Å². The van der Waals surface area contributed by atoms with E-state index in [-0.39, 0.29) is 11.8 Å². The lowest BCUT2D eigenvalue weighted by Gasteiger charge is -2.35. The minimum Gasteiger partial charge on any atom is -0.339 e. The molecule has 5 heteroatoms. The highest BCUT2D eigenvalue weighted by Crippen LogP contribution is 2.27. The molecule has 136 valence electrons. The Kier molecular flexibility index (Phi) is 6.05. The molecule has 2 fully saturated rings. The van der Waals surface area contributed by atoms with E-state index < -0.39 is 5.82 Å². The van der Waals surface area contributed by atoms with Crippen LogP contribution >= 0.6 is 0 Å². The number of amides is 2. The molecule has 1 aliphatic heterocycles. The number of halogens is 1. The van der Waals surface area contributed by atoms with Crippen molar-refractivity contribution in [2.45, 2.75) is 44.9 Å². The number of nitrogens with zero attached hydrogens (tertiary/aromatic N) is 2. The molecule has 0 radical (unpaired) electrons. The van der Waals surface area contributed by atoms with E-state index in [0.717, 1.165) is 6.42 Å². The molecule has 2 aliphatic rings. The summed E-state index contributed by atoms with van der Waals surface area (Å²) in [6, 6.07) is 5.78. The average Bonchev–Trinajstić information content (AvgIpc) is 2.66. The Balaban J connectivity index is 1.44. The van der Waals surface area contributed by atoms with Gasteiger partial charge in [-0.1, -0.05) is 38.2 Å². The summed E-state index contributed by atoms with van der Waals surface area (Å²) in [5.74, 6) is 0.369. The van der Waals surface area contributed by atoms with Crippen LogP contribution in [-0.4, -0.2) is 47.8 Å². The molecule has 1 aliphatic carbocycles. The Hall–Kier alpha value is -1.91. The lowest BCUT2D eigenvalue weighted by Crippen LogP contribution is -2.50. The highest BCUT2D eigenvalue weighted by molar-refractivity contribution is 5.94. The first-order valence-electron chi connectivity index (χ1n) is 9.46. The molecule has 4 nitrogen and oxygen atoms in total. The van der Waals surface area contributed by atoms with Gasteiger partial charge >= 0.3 is 0 Å². The van der Waals surface area contributed by atoms with Crippen LogP contribution in [-0.2, 0) is 4.79 Å². The summed E-state index contributed by atoms with van der Waals surface area (Å²) in [4.78, 5) is 28.4. The third kappa shape index (κ3) is 4.80. The predicted molar refractivity (Wildman–Crippen MR) is 94.7 cm³/mol. The van der Waals surface area contributed by atoms with Crippen LogP contribution in [0, 0.1) is 11.7 Å². The maximum atomic E-state index is 13.3. The van der Waals surface area contributed by atoms with E-state index in [0.29, 0.717) is 44.1 Å². The van der Waals surface area contributed by atoms with Gasteiger partial charge in [0.2, 0.25) is 5.91 Å². The van der Waals surface area contributed by atoms with Crippen molar-refractivity contribution >= 4 is 11.8 Å². The fourth-order valence-corrected chi connectivity index (χ4v) is 3.92. The van der Waals surface area contributed by atoms with Gasteiger partial charge in [-0.2, -0.15) is 0 Å². The minimum absolute atomic E-state index is 0.159. The maximum absolute atomic E-state index is 13.3. The number of hydrogen-bond acceptors (Lipinski definition) is 2. The molecule has 0 aromatic heterocycles. The first kappa shape index (κ1) is 17.9. The van der Waals surface area contributed by atoms with Crippen molar-refractivity contribution in [3.05, 3.63) is 35.6 Å². The van der Waals surface area contributed by atoms with Gasteiger partial charge in [0.05, 0.1) is 0 Å². The molecule has 2 amide bonds. The van der Waals surface area contributed by atoms with Crippen LogP contribution in [0.4, 0.5) is 4.39 Å². The van der Waals surface area contributed by atoms with Crippen LogP contribution < -0.4 is 0 Å². The zero-order valence-electron chi connectivity index (χ0n) is 14.8. The molecular weight excluding hydrogens is 319 g/mol. The lowest BCUT2D eigenvalue weighted by molar-refractivity contribution is -0.133. The highest BCUT2D eigenvalue weighted by atomic mass is 19.1. The van der Waals surface area contributed by atoms with Crippen LogP contribution in [0.15, 0.2) is 24.3 Å². The van der Waals surface area contributed by atoms with Crippen LogP contribution in [0.25, 0.3) is 0 Å². The van der Waals surface area contributed by atoms with Crippen molar-refractivity contribution in [2.75, 3.05) is 26.2 Å². The second-order valence-electron chi connectivity index (χ2n) is 7.23. The van der Waals surface area contributed by atoms with Crippen molar-refractivity contribution in [2.24, 2.45) is 5.92 Å². The van der Waals surface area contributed by atoms with E-state index in [1.807, 2.05) is 4.90 Å². The van der Waals surface area contributed by atoms with E-state index in [2.05, 4.69) is 0 Å². The van der Waals surface area contributed by atoms with Crippen molar-refractivity contribution in [1.82, 2.24) is 9.80 Å². The number of piperazine rings is 1. The Labute approximate surface area is 149 Å². The topological polar surface area (TPSA) is 40.6 Å². The number of rotatable bonds is 4. The van der Waals surface area contributed by atoms with Crippen LogP contribution in [0.5, 0.6) is 0 Å². The average molecular weight is 346 g/mol. The van der Waals surface area contributed by atoms with Gasteiger partial charge < -0.3 is 9.80 Å². The molecule has 0 bridgehead atoms. The van der Waals surface area contributed by atoms with Crippen LogP contribution in [0.3, 0.4) is 0 Å². The maximum Gasteiger partial charge on any atom is 0.254 e. The summed E-state index contributed by atoms with van der Waals surface area (Å²) in [5.41, 5.74) is 0.372. The Morgan fingerprint density at radius 2 is 1.68 bits per heavy atom. The van der Waals surface area contributed by atoms with Gasteiger partial charge in [-0.3, -0.25) is 9.59 Å². The summed E-state index contributed by atoms with van der Waals surface area (Å²) in [6.45, 7) is 2.18. The number of carbonyl (C=O) groups is 2. The minimum atomic E-state index is -0.401. The summed E-state index contributed by atoms with van der Waals surface area (Å²) < 4.78 is 13.3. The summed E-state index contributed by atoms with van der Waals surface area (Å²) in [6.07, 6.45) is 8.11. The SMILES string of the molecule is O=C(CCC1CCCCC1)N1CCN(C(=O)c2cccc(F)c2)CC1. The molecule has 1 aromatic carbocycles. The molecule has 0 unspecified atom stereocenters. The molecule has 0 atom stereocenters. The predicted octanol–water partition coefficient (Wildman–Crippen LogP) is 3.47. The van der Waals surface area contributed by atoms with Crippen LogP contribution in [0.1, 0.15) is 55.3 Å². The first-order chi connectivity index (χ1) is 12.1. The largest absolute Gasteiger partial charge is 0.339 e. The lowest BCUT2D eigenvalue weighted by atomic mass is 9.86. The van der Waals surface area contributed by atoms with Crippen molar-refractivity contribution in [3.63, 3.8) is 0 Å². The third-order valence-electron chi connectivity index (χ3n) is 5.48. The Bertz CT molecular complexity index is 605. The van der Waals surface area contributed by atoms with Gasteiger partial charge in [0.1, 0.15) is 5.82 Å². The quantitative estimate of drug-likeness (QED) is 0.837. The number of hydrogen-bond donors (Lipinski definition) is 0. The molecule has 1 heterocycles. The molecule has 0 spiro atoms. The molecule has 1 saturated heterocycles. The first-order valence-corrected chi connectivity index (χ1v) is 9.46. The second kappa shape index (κ2) is 8.45. The van der Waals surface area contributed by atoms with Crippen LogP contribution in [0.2, 0.25) is 0 Å². The van der Waals surface area contributed by atoms with E-state index in [9.17, 15) is 14.0 Å². The number of benzene rings is 1. The summed E-state index contributed by atoms with van der Waals surface area (Å²) in [7, 11) is 0. The number of carbonyl (C=O) groups excluding carboxylic acids is 2. The normalized spacial score (nSPS) is 19.1. The molecular formula is C20H27FN2O2. The fourth-order valence-electron chi connectivity index (χ4n) is 3.92. The Morgan fingerprint density at radius 3 is 2.36 bits per heavy atom. The van der Waals surface area contributed by atoms with E-state index in [1.165, 1.54) is 44.2 Å². The van der Waals surface area contributed by atoms with Crippen molar-refractivity contribution < 1.29 is 14.0 Å². The van der Waals surface area contributed by atoms with E-state index in [1.54, 1.807) is 17.0 Å². The standard InChI is InChI=1S/C20H27FN2O2/c21-18-8-4-7-17(15-18)20(25)23-13-11-22(12-14-23)19(24)10-9-16-5-2-1-3-6-16/h4,7-8,15-16H,1-3,5-6,9-14H2. The van der Waals surface area contributed by atoms with Gasteiger partial charge in [-0.25, -0.2) is 4.39 Å². The van der Waals surface area contributed by atoms with Gasteiger partial charge in [0.25, 0.3) is 5.91 Å². The highest BCUT2D eigenvalue weighted by Gasteiger charge is 2.25. The van der Waals surface area contributed by atoms with Gasteiger partial charge in [0.15, 0.2) is 0 Å². The fraction of sp³-hybridized carbons (Fsp3) is 0.600. The van der Waals surface area contributed by atoms with E-state index in [4.69, 9.17) is 0 Å². The summed E-state index contributed by atoms with van der Waals surface area (Å²) in [5, 5.41) is 0. The second-order valence-corrected chi connectivity index (χ2v) is 7.23. The molecule has 3 rings (SSSR count). The molecule has 1 saturated carbocycles. The Morgan fingerprint density at radius 1 is 1.00 bits per heavy atom.